The molecule has 0 atom stereocenters. The molecule has 9 aromatic rings. The fourth-order valence-corrected chi connectivity index (χ4v) is 10.1. The molecule has 3 nitrogen and oxygen atoms in total. The number of hydrogen-bond donors (Lipinski definition) is 0. The molecule has 0 saturated heterocycles. The van der Waals surface area contributed by atoms with E-state index < -0.39 is 0 Å². The van der Waals surface area contributed by atoms with Gasteiger partial charge in [-0.2, -0.15) is 0 Å². The number of rotatable bonds is 2. The normalized spacial score (nSPS) is 15.3. The van der Waals surface area contributed by atoms with Gasteiger partial charge in [-0.25, -0.2) is 0 Å². The van der Waals surface area contributed by atoms with E-state index in [4.69, 9.17) is 0 Å². The lowest BCUT2D eigenvalue weighted by molar-refractivity contribution is 0.704. The minimum atomic E-state index is -0.160. The maximum atomic E-state index is 2.67. The Morgan fingerprint density at radius 2 is 1.18 bits per heavy atom. The van der Waals surface area contributed by atoms with Crippen LogP contribution in [0.2, 0.25) is 0 Å². The lowest BCUT2D eigenvalue weighted by Crippen LogP contribution is -2.62. The van der Waals surface area contributed by atoms with Crippen LogP contribution in [0.15, 0.2) is 158 Å². The summed E-state index contributed by atoms with van der Waals surface area (Å²) in [7, 11) is 0. The first kappa shape index (κ1) is 27.6. The van der Waals surface area contributed by atoms with Crippen LogP contribution in [0.4, 0.5) is 5.69 Å². The molecule has 238 valence electrons. The highest BCUT2D eigenvalue weighted by molar-refractivity contribution is 6.93. The molecule has 0 unspecified atom stereocenters. The third kappa shape index (κ3) is 3.27. The predicted molar refractivity (Wildman–Crippen MR) is 215 cm³/mol. The Kier molecular flexibility index (Phi) is 5.13. The topological polar surface area (TPSA) is 13.1 Å². The second kappa shape index (κ2) is 9.50. The van der Waals surface area contributed by atoms with E-state index in [-0.39, 0.29) is 12.3 Å². The second-order valence-corrected chi connectivity index (χ2v) is 14.9. The third-order valence-corrected chi connectivity index (χ3v) is 12.0. The standard InChI is InChI=1S/C47H32BN3/c1-47(2)36-23-11-9-20-33(36)46-42(47)35-22-14-26-40-43(35)48(51(46)30-17-7-4-8-18-30)37-24-13-21-34-41-39(50(40)44(34)37)28-27-32-31-19-10-12-25-38(31)49(45(32)41)29-15-5-3-6-16-29/h3-28H,1-2H3. The number of aromatic nitrogens is 2. The maximum Gasteiger partial charge on any atom is 0.333 e. The van der Waals surface area contributed by atoms with Crippen LogP contribution in [0.5, 0.6) is 0 Å². The van der Waals surface area contributed by atoms with Crippen molar-refractivity contribution in [1.82, 2.24) is 9.13 Å². The number of allylic oxidation sites excluding steroid dienone is 1. The van der Waals surface area contributed by atoms with Crippen molar-refractivity contribution in [2.24, 2.45) is 0 Å². The van der Waals surface area contributed by atoms with Crippen molar-refractivity contribution in [2.75, 3.05) is 4.81 Å². The van der Waals surface area contributed by atoms with E-state index in [9.17, 15) is 0 Å². The van der Waals surface area contributed by atoms with Crippen LogP contribution >= 0.6 is 0 Å². The number of nitrogens with zero attached hydrogens (tertiary/aromatic N) is 3. The monoisotopic (exact) mass is 649 g/mol. The quantitative estimate of drug-likeness (QED) is 0.170. The van der Waals surface area contributed by atoms with Crippen LogP contribution in [0.1, 0.15) is 30.5 Å². The molecule has 7 aromatic carbocycles. The zero-order valence-electron chi connectivity index (χ0n) is 28.4. The lowest BCUT2D eigenvalue weighted by atomic mass is 9.43. The SMILES string of the molecule is CC1(C)C2=C(c3ccccc31)N(c1ccccc1)B1c3c2cccc3-n2c3ccc4c5ccccc5n(-c5ccccc5)c4c3c3cccc1c32. The van der Waals surface area contributed by atoms with Gasteiger partial charge < -0.3 is 13.9 Å². The van der Waals surface area contributed by atoms with E-state index in [2.05, 4.69) is 186 Å². The number of hydrogen-bond acceptors (Lipinski definition) is 1. The van der Waals surface area contributed by atoms with Gasteiger partial charge in [-0.15, -0.1) is 0 Å². The Balaban J connectivity index is 1.27. The van der Waals surface area contributed by atoms with Crippen molar-refractivity contribution in [3.63, 3.8) is 0 Å². The highest BCUT2D eigenvalue weighted by Crippen LogP contribution is 2.55. The summed E-state index contributed by atoms with van der Waals surface area (Å²) in [6, 6.07) is 58.7. The van der Waals surface area contributed by atoms with Crippen molar-refractivity contribution < 1.29 is 0 Å². The van der Waals surface area contributed by atoms with Crippen molar-refractivity contribution in [3.8, 4) is 11.4 Å². The minimum Gasteiger partial charge on any atom is -0.376 e. The molecule has 3 aliphatic rings. The van der Waals surface area contributed by atoms with E-state index in [1.807, 2.05) is 0 Å². The molecule has 4 heterocycles. The predicted octanol–water partition coefficient (Wildman–Crippen LogP) is 9.98. The van der Waals surface area contributed by atoms with Gasteiger partial charge in [-0.1, -0.05) is 129 Å². The van der Waals surface area contributed by atoms with Gasteiger partial charge in [0.1, 0.15) is 0 Å². The molecule has 0 bridgehead atoms. The Morgan fingerprint density at radius 1 is 0.490 bits per heavy atom. The van der Waals surface area contributed by atoms with Crippen molar-refractivity contribution in [2.45, 2.75) is 19.3 Å². The number of anilines is 1. The summed E-state index contributed by atoms with van der Waals surface area (Å²) in [5.41, 5.74) is 18.1. The molecular weight excluding hydrogens is 617 g/mol. The molecule has 0 saturated carbocycles. The van der Waals surface area contributed by atoms with E-state index in [1.165, 1.54) is 99.6 Å². The molecule has 0 N–H and O–H groups in total. The Morgan fingerprint density at radius 3 is 2.02 bits per heavy atom. The summed E-state index contributed by atoms with van der Waals surface area (Å²) in [6.07, 6.45) is 0. The summed E-state index contributed by atoms with van der Waals surface area (Å²) >= 11 is 0. The molecule has 12 rings (SSSR count). The first-order valence-electron chi connectivity index (χ1n) is 18.0. The molecule has 2 aromatic heterocycles. The van der Waals surface area contributed by atoms with Gasteiger partial charge in [0.15, 0.2) is 0 Å². The van der Waals surface area contributed by atoms with E-state index >= 15 is 0 Å². The van der Waals surface area contributed by atoms with Gasteiger partial charge in [-0.3, -0.25) is 0 Å². The van der Waals surface area contributed by atoms with Crippen LogP contribution in [-0.2, 0) is 5.41 Å². The van der Waals surface area contributed by atoms with Gasteiger partial charge >= 0.3 is 6.85 Å². The zero-order chi connectivity index (χ0) is 33.6. The first-order chi connectivity index (χ1) is 25.1. The average Bonchev–Trinajstić information content (AvgIpc) is 3.78. The minimum absolute atomic E-state index is 0.00953. The van der Waals surface area contributed by atoms with Gasteiger partial charge in [0.25, 0.3) is 0 Å². The molecule has 4 heteroatoms. The van der Waals surface area contributed by atoms with E-state index in [1.54, 1.807) is 0 Å². The maximum absolute atomic E-state index is 2.67. The molecule has 0 amide bonds. The molecule has 51 heavy (non-hydrogen) atoms. The molecule has 2 aliphatic heterocycles. The average molecular weight is 650 g/mol. The number of fused-ring (bicyclic) bond motifs is 12. The Labute approximate surface area is 296 Å². The van der Waals surface area contributed by atoms with Crippen molar-refractivity contribution in [1.29, 1.82) is 0 Å². The molecule has 0 fully saturated rings. The Hall–Kier alpha value is -6.26. The van der Waals surface area contributed by atoms with Gasteiger partial charge in [-0.05, 0) is 70.1 Å². The number of para-hydroxylation sites is 4. The molecular formula is C47H32BN3. The van der Waals surface area contributed by atoms with Gasteiger partial charge in [0.2, 0.25) is 0 Å². The van der Waals surface area contributed by atoms with Crippen LogP contribution < -0.4 is 15.7 Å². The first-order valence-corrected chi connectivity index (χ1v) is 18.0. The lowest BCUT2D eigenvalue weighted by Gasteiger charge is -2.43. The fourth-order valence-electron chi connectivity index (χ4n) is 10.1. The summed E-state index contributed by atoms with van der Waals surface area (Å²) in [4.78, 5) is 2.67. The van der Waals surface area contributed by atoms with E-state index in [0.717, 1.165) is 0 Å². The Bertz CT molecular complexity index is 3000. The molecule has 0 spiro atoms. The third-order valence-electron chi connectivity index (χ3n) is 12.0. The summed E-state index contributed by atoms with van der Waals surface area (Å²) in [6.45, 7) is 4.84. The fraction of sp³-hybridized carbons (Fsp3) is 0.0638. The second-order valence-electron chi connectivity index (χ2n) is 14.9. The zero-order valence-corrected chi connectivity index (χ0v) is 28.4. The highest BCUT2D eigenvalue weighted by atomic mass is 15.1. The van der Waals surface area contributed by atoms with Crippen LogP contribution in [0.25, 0.3) is 66.3 Å². The van der Waals surface area contributed by atoms with Crippen molar-refractivity contribution in [3.05, 3.63) is 174 Å². The van der Waals surface area contributed by atoms with Gasteiger partial charge in [0.05, 0.1) is 22.1 Å². The highest BCUT2D eigenvalue weighted by Gasteiger charge is 2.51. The van der Waals surface area contributed by atoms with Crippen LogP contribution in [0, 0.1) is 0 Å². The van der Waals surface area contributed by atoms with E-state index in [0.29, 0.717) is 0 Å². The summed E-state index contributed by atoms with van der Waals surface area (Å²) < 4.78 is 5.08. The van der Waals surface area contributed by atoms with Gasteiger partial charge in [0, 0.05) is 55.3 Å². The molecule has 0 radical (unpaired) electrons. The largest absolute Gasteiger partial charge is 0.376 e. The molecule has 1 aliphatic carbocycles. The smallest absolute Gasteiger partial charge is 0.333 e. The van der Waals surface area contributed by atoms with Crippen LogP contribution in [-0.4, -0.2) is 16.0 Å². The van der Waals surface area contributed by atoms with Crippen LogP contribution in [0.3, 0.4) is 0 Å². The van der Waals surface area contributed by atoms with Crippen molar-refractivity contribution >= 4 is 78.3 Å². The number of benzene rings is 7. The summed E-state index contributed by atoms with van der Waals surface area (Å²) in [5, 5.41) is 5.16. The summed E-state index contributed by atoms with van der Waals surface area (Å²) in [5.74, 6) is 0.